The third-order valence-electron chi connectivity index (χ3n) is 4.30. The average molecular weight is 446 g/mol. The summed E-state index contributed by atoms with van der Waals surface area (Å²) < 4.78 is 11.3. The summed E-state index contributed by atoms with van der Waals surface area (Å²) in [4.78, 5) is 24.2. The average Bonchev–Trinajstić information content (AvgIpc) is 2.77. The topological polar surface area (TPSA) is 105 Å². The van der Waals surface area contributed by atoms with Crippen LogP contribution in [0.3, 0.4) is 0 Å². The number of carboxylic acid groups (broad SMARTS) is 1. The van der Waals surface area contributed by atoms with Gasteiger partial charge in [0.25, 0.3) is 0 Å². The van der Waals surface area contributed by atoms with E-state index in [2.05, 4.69) is 5.32 Å². The van der Waals surface area contributed by atoms with E-state index in [1.54, 1.807) is 42.1 Å². The van der Waals surface area contributed by atoms with Crippen molar-refractivity contribution in [2.24, 2.45) is 0 Å². The number of aliphatic carboxylic acids is 1. The number of hydrogen-bond donors (Lipinski definition) is 3. The van der Waals surface area contributed by atoms with Crippen molar-refractivity contribution in [2.45, 2.75) is 30.3 Å². The molecule has 1 amide bonds. The number of unbranched alkanes of at least 4 members (excludes halogenated alkanes) is 1. The van der Waals surface area contributed by atoms with Crippen LogP contribution < -0.4 is 10.1 Å². The normalized spacial score (nSPS) is 11.8. The number of hydrogen-bond acceptors (Lipinski definition) is 6. The van der Waals surface area contributed by atoms with Gasteiger partial charge in [0, 0.05) is 22.2 Å². The molecule has 166 valence electrons. The number of allylic oxidation sites excluding steroid dienone is 1. The second kappa shape index (κ2) is 13.4. The maximum Gasteiger partial charge on any atom is 0.412 e. The van der Waals surface area contributed by atoms with Crippen molar-refractivity contribution in [2.75, 3.05) is 24.8 Å². The zero-order valence-electron chi connectivity index (χ0n) is 17.3. The number of rotatable bonds is 12. The van der Waals surface area contributed by atoms with E-state index in [0.717, 1.165) is 11.0 Å². The van der Waals surface area contributed by atoms with E-state index in [0.29, 0.717) is 36.3 Å². The number of para-hydroxylation sites is 1. The van der Waals surface area contributed by atoms with Gasteiger partial charge < -0.3 is 19.7 Å². The van der Waals surface area contributed by atoms with E-state index in [4.69, 9.17) is 19.7 Å². The molecule has 0 unspecified atom stereocenters. The van der Waals surface area contributed by atoms with Gasteiger partial charge in [0.1, 0.15) is 18.5 Å². The summed E-state index contributed by atoms with van der Waals surface area (Å²) >= 11 is 1.61. The number of nitrogens with one attached hydrogen (secondary N) is 1. The first-order valence-electron chi connectivity index (χ1n) is 9.87. The Kier molecular flexibility index (Phi) is 10.5. The maximum absolute atomic E-state index is 12.5. The molecule has 0 aliphatic heterocycles. The standard InChI is InChI=1S/C23H27NO6S/c1-31-18-13-11-17(12-14-18)24-23(28)30-21(9-3-2-4-10-22(26)27)19-7-5-6-8-20(19)29-16-15-25/h4-8,10-14,21,25H,2-3,9,15-16H2,1H3,(H,24,28)(H,26,27)/b10-4+/t21-/m0/s1. The van der Waals surface area contributed by atoms with Crippen LogP contribution in [0.4, 0.5) is 10.5 Å². The van der Waals surface area contributed by atoms with Crippen LogP contribution in [0, 0.1) is 0 Å². The number of benzene rings is 2. The molecule has 0 aliphatic carbocycles. The minimum Gasteiger partial charge on any atom is -0.491 e. The molecule has 2 aromatic rings. The fourth-order valence-electron chi connectivity index (χ4n) is 2.87. The summed E-state index contributed by atoms with van der Waals surface area (Å²) in [7, 11) is 0. The molecule has 31 heavy (non-hydrogen) atoms. The summed E-state index contributed by atoms with van der Waals surface area (Å²) in [5, 5.41) is 20.5. The van der Waals surface area contributed by atoms with Gasteiger partial charge in [-0.3, -0.25) is 5.32 Å². The Morgan fingerprint density at radius 3 is 2.58 bits per heavy atom. The Morgan fingerprint density at radius 2 is 1.90 bits per heavy atom. The van der Waals surface area contributed by atoms with Gasteiger partial charge >= 0.3 is 12.1 Å². The lowest BCUT2D eigenvalue weighted by Crippen LogP contribution is -2.18. The van der Waals surface area contributed by atoms with Gasteiger partial charge in [-0.15, -0.1) is 11.8 Å². The summed E-state index contributed by atoms with van der Waals surface area (Å²) in [6.45, 7) is -0.00850. The van der Waals surface area contributed by atoms with Crippen LogP contribution in [0.15, 0.2) is 65.6 Å². The quantitative estimate of drug-likeness (QED) is 0.243. The first-order valence-corrected chi connectivity index (χ1v) is 11.1. The van der Waals surface area contributed by atoms with Crippen LogP contribution in [0.25, 0.3) is 0 Å². The molecule has 0 saturated heterocycles. The molecule has 2 rings (SSSR count). The molecule has 2 aromatic carbocycles. The van der Waals surface area contributed by atoms with Crippen LogP contribution in [0.1, 0.15) is 30.9 Å². The van der Waals surface area contributed by atoms with Gasteiger partial charge in [0.2, 0.25) is 0 Å². The lowest BCUT2D eigenvalue weighted by atomic mass is 10.0. The number of ether oxygens (including phenoxy) is 2. The largest absolute Gasteiger partial charge is 0.491 e. The number of carboxylic acids is 1. The molecule has 0 spiro atoms. The number of thioether (sulfide) groups is 1. The molecule has 0 bridgehead atoms. The van der Waals surface area contributed by atoms with Gasteiger partial charge in [-0.1, -0.05) is 24.3 Å². The molecule has 8 heteroatoms. The Labute approximate surface area is 186 Å². The molecule has 0 aliphatic rings. The third-order valence-corrected chi connectivity index (χ3v) is 5.04. The lowest BCUT2D eigenvalue weighted by molar-refractivity contribution is -0.131. The number of aliphatic hydroxyl groups excluding tert-OH is 1. The fraction of sp³-hybridized carbons (Fsp3) is 0.304. The fourth-order valence-corrected chi connectivity index (χ4v) is 3.28. The van der Waals surface area contributed by atoms with E-state index < -0.39 is 18.2 Å². The molecular weight excluding hydrogens is 418 g/mol. The van der Waals surface area contributed by atoms with Crippen LogP contribution in [-0.4, -0.2) is 41.7 Å². The lowest BCUT2D eigenvalue weighted by Gasteiger charge is -2.21. The molecule has 0 radical (unpaired) electrons. The highest BCUT2D eigenvalue weighted by Gasteiger charge is 2.20. The smallest absolute Gasteiger partial charge is 0.412 e. The summed E-state index contributed by atoms with van der Waals surface area (Å²) in [6.07, 6.45) is 5.06. The van der Waals surface area contributed by atoms with Crippen LogP contribution >= 0.6 is 11.8 Å². The number of carbonyl (C=O) groups excluding carboxylic acids is 1. The van der Waals surface area contributed by atoms with Gasteiger partial charge in [-0.2, -0.15) is 0 Å². The maximum atomic E-state index is 12.5. The van der Waals surface area contributed by atoms with E-state index in [9.17, 15) is 9.59 Å². The Bertz CT molecular complexity index is 869. The Balaban J connectivity index is 2.10. The van der Waals surface area contributed by atoms with Gasteiger partial charge in [-0.05, 0) is 55.9 Å². The molecule has 0 saturated carbocycles. The second-order valence-electron chi connectivity index (χ2n) is 6.53. The highest BCUT2D eigenvalue weighted by atomic mass is 32.2. The number of anilines is 1. The van der Waals surface area contributed by atoms with Gasteiger partial charge in [0.15, 0.2) is 0 Å². The second-order valence-corrected chi connectivity index (χ2v) is 7.41. The van der Waals surface area contributed by atoms with Crippen LogP contribution in [0.2, 0.25) is 0 Å². The van der Waals surface area contributed by atoms with E-state index in [1.165, 1.54) is 0 Å². The number of aliphatic hydroxyl groups is 1. The Morgan fingerprint density at radius 1 is 1.16 bits per heavy atom. The monoisotopic (exact) mass is 445 g/mol. The number of amides is 1. The molecule has 7 nitrogen and oxygen atoms in total. The SMILES string of the molecule is CSc1ccc(NC(=O)O[C@@H](CCC/C=C/C(=O)O)c2ccccc2OCCO)cc1. The summed E-state index contributed by atoms with van der Waals surface area (Å²) in [5.74, 6) is -0.470. The Hall–Kier alpha value is -2.97. The molecule has 0 aromatic heterocycles. The summed E-state index contributed by atoms with van der Waals surface area (Å²) in [5.41, 5.74) is 1.31. The van der Waals surface area contributed by atoms with Crippen LogP contribution in [-0.2, 0) is 9.53 Å². The molecule has 0 heterocycles. The third kappa shape index (κ3) is 8.74. The van der Waals surface area contributed by atoms with E-state index in [-0.39, 0.29) is 13.2 Å². The minimum atomic E-state index is -0.998. The van der Waals surface area contributed by atoms with Crippen molar-refractivity contribution in [1.82, 2.24) is 0 Å². The van der Waals surface area contributed by atoms with Crippen molar-refractivity contribution in [3.63, 3.8) is 0 Å². The van der Waals surface area contributed by atoms with Crippen molar-refractivity contribution < 1.29 is 29.3 Å². The van der Waals surface area contributed by atoms with Crippen molar-refractivity contribution in [3.8, 4) is 5.75 Å². The molecule has 3 N–H and O–H groups in total. The highest BCUT2D eigenvalue weighted by Crippen LogP contribution is 2.32. The minimum absolute atomic E-state index is 0.124. The predicted octanol–water partition coefficient (Wildman–Crippen LogP) is 4.88. The van der Waals surface area contributed by atoms with Crippen LogP contribution in [0.5, 0.6) is 5.75 Å². The predicted molar refractivity (Wildman–Crippen MR) is 121 cm³/mol. The zero-order valence-corrected chi connectivity index (χ0v) is 18.1. The van der Waals surface area contributed by atoms with Gasteiger partial charge in [-0.25, -0.2) is 9.59 Å². The van der Waals surface area contributed by atoms with Crippen molar-refractivity contribution in [3.05, 3.63) is 66.2 Å². The highest BCUT2D eigenvalue weighted by molar-refractivity contribution is 7.98. The molecule has 0 fully saturated rings. The van der Waals surface area contributed by atoms with Gasteiger partial charge in [0.05, 0.1) is 6.61 Å². The molecule has 1 atom stereocenters. The van der Waals surface area contributed by atoms with E-state index >= 15 is 0 Å². The summed E-state index contributed by atoms with van der Waals surface area (Å²) in [6, 6.07) is 14.6. The first-order chi connectivity index (χ1) is 15.0. The zero-order chi connectivity index (χ0) is 22.5. The van der Waals surface area contributed by atoms with Crippen molar-refractivity contribution >= 4 is 29.5 Å². The first kappa shape index (κ1) is 24.3. The van der Waals surface area contributed by atoms with E-state index in [1.807, 2.05) is 30.5 Å². The number of carbonyl (C=O) groups is 2. The van der Waals surface area contributed by atoms with Crippen molar-refractivity contribution in [1.29, 1.82) is 0 Å². The molecular formula is C23H27NO6S.